The molecule has 12 heteroatoms. The predicted molar refractivity (Wildman–Crippen MR) is 105 cm³/mol. The summed E-state index contributed by atoms with van der Waals surface area (Å²) in [5.41, 5.74) is 4.58. The van der Waals surface area contributed by atoms with Crippen molar-refractivity contribution in [3.8, 4) is 5.75 Å². The van der Waals surface area contributed by atoms with Crippen LogP contribution >= 0.6 is 11.6 Å². The lowest BCUT2D eigenvalue weighted by Gasteiger charge is -2.15. The van der Waals surface area contributed by atoms with Gasteiger partial charge in [-0.3, -0.25) is 13.9 Å². The van der Waals surface area contributed by atoms with Crippen molar-refractivity contribution in [3.05, 3.63) is 58.6 Å². The van der Waals surface area contributed by atoms with Crippen molar-refractivity contribution >= 4 is 54.1 Å². The molecule has 3 aromatic rings. The van der Waals surface area contributed by atoms with E-state index in [2.05, 4.69) is 0 Å². The van der Waals surface area contributed by atoms with E-state index in [9.17, 15) is 35.8 Å². The first-order chi connectivity index (χ1) is 13.3. The molecule has 0 saturated heterocycles. The van der Waals surface area contributed by atoms with Crippen LogP contribution in [-0.4, -0.2) is 36.8 Å². The van der Waals surface area contributed by atoms with Gasteiger partial charge >= 0.3 is 0 Å². The van der Waals surface area contributed by atoms with Crippen LogP contribution in [0, 0.1) is 0 Å². The quantitative estimate of drug-likeness (QED) is 0.261. The number of nitrogens with two attached hydrogens (primary N) is 1. The number of halogens is 1. The van der Waals surface area contributed by atoms with Crippen LogP contribution in [0.4, 0.5) is 5.69 Å². The topological polar surface area (TPSA) is 172 Å². The molecule has 0 aliphatic carbocycles. The Kier molecular flexibility index (Phi) is 5.05. The summed E-state index contributed by atoms with van der Waals surface area (Å²) >= 11 is 6.02. The standard InChI is InChI=1S/C17H12ClNO8S2/c18-11-4-2-1-3-10(11)17(21)15-14-8(6-13(16(15)19)29(25,26)27)5-9(7-12(14)20)28(22,23)24/h1-7,20H,19H2,(H,22,23,24)(H,25,26,27). The van der Waals surface area contributed by atoms with Crippen molar-refractivity contribution in [2.45, 2.75) is 9.79 Å². The number of carbonyl (C=O) groups excluding carboxylic acids is 1. The Hall–Kier alpha value is -2.70. The second kappa shape index (κ2) is 6.97. The average Bonchev–Trinajstić information content (AvgIpc) is 2.59. The minimum Gasteiger partial charge on any atom is -0.507 e. The molecule has 29 heavy (non-hydrogen) atoms. The molecule has 0 spiro atoms. The second-order valence-corrected chi connectivity index (χ2v) is 9.18. The highest BCUT2D eigenvalue weighted by Gasteiger charge is 2.28. The molecular weight excluding hydrogens is 446 g/mol. The molecule has 0 bridgehead atoms. The first-order valence-electron chi connectivity index (χ1n) is 7.65. The lowest BCUT2D eigenvalue weighted by Crippen LogP contribution is -2.12. The molecule has 152 valence electrons. The maximum atomic E-state index is 13.1. The average molecular weight is 458 g/mol. The Labute approximate surface area is 169 Å². The molecule has 0 atom stereocenters. The van der Waals surface area contributed by atoms with Gasteiger partial charge in [-0.15, -0.1) is 0 Å². The Morgan fingerprint density at radius 3 is 2.14 bits per heavy atom. The Morgan fingerprint density at radius 1 is 0.966 bits per heavy atom. The molecule has 0 aliphatic heterocycles. The third-order valence-electron chi connectivity index (χ3n) is 4.11. The van der Waals surface area contributed by atoms with Gasteiger partial charge in [0.1, 0.15) is 10.6 Å². The van der Waals surface area contributed by atoms with Gasteiger partial charge in [0, 0.05) is 17.0 Å². The van der Waals surface area contributed by atoms with Gasteiger partial charge in [-0.2, -0.15) is 16.8 Å². The van der Waals surface area contributed by atoms with Crippen LogP contribution in [0.15, 0.2) is 52.3 Å². The van der Waals surface area contributed by atoms with Gasteiger partial charge in [-0.25, -0.2) is 0 Å². The molecule has 3 rings (SSSR count). The van der Waals surface area contributed by atoms with Gasteiger partial charge in [-0.1, -0.05) is 23.7 Å². The maximum Gasteiger partial charge on any atom is 0.296 e. The number of anilines is 1. The number of hydrogen-bond acceptors (Lipinski definition) is 7. The number of phenolic OH excluding ortho intramolecular Hbond substituents is 1. The summed E-state index contributed by atoms with van der Waals surface area (Å²) < 4.78 is 65.1. The van der Waals surface area contributed by atoms with E-state index in [1.807, 2.05) is 0 Å². The fourth-order valence-corrected chi connectivity index (χ4v) is 4.28. The number of rotatable bonds is 4. The first kappa shape index (κ1) is 21.0. The summed E-state index contributed by atoms with van der Waals surface area (Å²) in [6.45, 7) is 0. The monoisotopic (exact) mass is 457 g/mol. The molecule has 9 nitrogen and oxygen atoms in total. The Morgan fingerprint density at radius 2 is 1.59 bits per heavy atom. The second-order valence-electron chi connectivity index (χ2n) is 5.96. The number of phenols is 1. The summed E-state index contributed by atoms with van der Waals surface area (Å²) in [7, 11) is -9.71. The normalized spacial score (nSPS) is 12.2. The Balaban J connectivity index is 2.52. The molecule has 0 unspecified atom stereocenters. The summed E-state index contributed by atoms with van der Waals surface area (Å²) in [6.07, 6.45) is 0. The van der Waals surface area contributed by atoms with Crippen molar-refractivity contribution in [3.63, 3.8) is 0 Å². The van der Waals surface area contributed by atoms with Crippen LogP contribution in [0.25, 0.3) is 10.8 Å². The van der Waals surface area contributed by atoms with Crippen molar-refractivity contribution in [1.29, 1.82) is 0 Å². The number of hydrogen-bond donors (Lipinski definition) is 4. The SMILES string of the molecule is Nc1c(S(=O)(=O)O)cc2cc(S(=O)(=O)O)cc(O)c2c1C(=O)c1ccccc1Cl. The van der Waals surface area contributed by atoms with Crippen LogP contribution in [0.1, 0.15) is 15.9 Å². The van der Waals surface area contributed by atoms with Crippen molar-refractivity contribution < 1.29 is 35.8 Å². The summed E-state index contributed by atoms with van der Waals surface area (Å²) in [4.78, 5) is 11.5. The molecule has 0 heterocycles. The summed E-state index contributed by atoms with van der Waals surface area (Å²) in [5.74, 6) is -1.64. The number of fused-ring (bicyclic) bond motifs is 1. The fraction of sp³-hybridized carbons (Fsp3) is 0. The van der Waals surface area contributed by atoms with E-state index in [-0.39, 0.29) is 21.4 Å². The molecule has 0 amide bonds. The van der Waals surface area contributed by atoms with Gasteiger partial charge in [0.05, 0.1) is 21.2 Å². The van der Waals surface area contributed by atoms with E-state index in [0.717, 1.165) is 12.1 Å². The summed E-state index contributed by atoms with van der Waals surface area (Å²) in [6, 6.07) is 8.04. The third kappa shape index (κ3) is 3.78. The molecule has 0 aliphatic rings. The maximum absolute atomic E-state index is 13.1. The van der Waals surface area contributed by atoms with Gasteiger partial charge in [0.25, 0.3) is 20.2 Å². The van der Waals surface area contributed by atoms with E-state index in [4.69, 9.17) is 17.3 Å². The molecular formula is C17H12ClNO8S2. The lowest BCUT2D eigenvalue weighted by atomic mass is 9.95. The highest BCUT2D eigenvalue weighted by atomic mass is 35.5. The zero-order valence-corrected chi connectivity index (χ0v) is 16.6. The van der Waals surface area contributed by atoms with Gasteiger partial charge < -0.3 is 10.8 Å². The number of nitrogen functional groups attached to an aromatic ring is 1. The van der Waals surface area contributed by atoms with Crippen molar-refractivity contribution in [2.24, 2.45) is 0 Å². The highest BCUT2D eigenvalue weighted by Crippen LogP contribution is 2.39. The van der Waals surface area contributed by atoms with Crippen LogP contribution < -0.4 is 5.73 Å². The number of carbonyl (C=O) groups is 1. The van der Waals surface area contributed by atoms with Crippen LogP contribution in [0.5, 0.6) is 5.75 Å². The zero-order chi connectivity index (χ0) is 21.7. The Bertz CT molecular complexity index is 1400. The molecule has 3 aromatic carbocycles. The van der Waals surface area contributed by atoms with Gasteiger partial charge in [0.15, 0.2) is 5.78 Å². The minimum atomic E-state index is -4.94. The van der Waals surface area contributed by atoms with Crippen molar-refractivity contribution in [1.82, 2.24) is 0 Å². The van der Waals surface area contributed by atoms with Crippen molar-refractivity contribution in [2.75, 3.05) is 5.73 Å². The van der Waals surface area contributed by atoms with E-state index < -0.39 is 52.8 Å². The van der Waals surface area contributed by atoms with Crippen LogP contribution in [-0.2, 0) is 20.2 Å². The molecule has 5 N–H and O–H groups in total. The van der Waals surface area contributed by atoms with E-state index in [1.54, 1.807) is 6.07 Å². The van der Waals surface area contributed by atoms with E-state index >= 15 is 0 Å². The molecule has 0 saturated carbocycles. The fourth-order valence-electron chi connectivity index (χ4n) is 2.86. The number of ketones is 1. The van der Waals surface area contributed by atoms with E-state index in [1.165, 1.54) is 18.2 Å². The van der Waals surface area contributed by atoms with Crippen LogP contribution in [0.2, 0.25) is 5.02 Å². The highest BCUT2D eigenvalue weighted by molar-refractivity contribution is 7.86. The lowest BCUT2D eigenvalue weighted by molar-refractivity contribution is 0.104. The number of aromatic hydroxyl groups is 1. The molecule has 0 radical (unpaired) electrons. The molecule has 0 aromatic heterocycles. The predicted octanol–water partition coefficient (Wildman–Crippen LogP) is 2.51. The number of benzene rings is 3. The van der Waals surface area contributed by atoms with Crippen LogP contribution in [0.3, 0.4) is 0 Å². The zero-order valence-electron chi connectivity index (χ0n) is 14.2. The summed E-state index contributed by atoms with van der Waals surface area (Å²) in [5, 5.41) is 9.79. The third-order valence-corrected chi connectivity index (χ3v) is 6.17. The minimum absolute atomic E-state index is 0.0105. The first-order valence-corrected chi connectivity index (χ1v) is 10.9. The van der Waals surface area contributed by atoms with Gasteiger partial charge in [0.2, 0.25) is 0 Å². The van der Waals surface area contributed by atoms with Gasteiger partial charge in [-0.05, 0) is 29.7 Å². The smallest absolute Gasteiger partial charge is 0.296 e. The molecule has 0 fully saturated rings. The van der Waals surface area contributed by atoms with E-state index in [0.29, 0.717) is 6.07 Å². The largest absolute Gasteiger partial charge is 0.507 e.